The lowest BCUT2D eigenvalue weighted by molar-refractivity contribution is -0.384. The van der Waals surface area contributed by atoms with Crippen LogP contribution in [0.25, 0.3) is 6.08 Å². The minimum atomic E-state index is -0.400. The molecule has 6 atom stereocenters. The van der Waals surface area contributed by atoms with Crippen molar-refractivity contribution in [1.29, 1.82) is 0 Å². The molecule has 4 aliphatic carbocycles. The predicted molar refractivity (Wildman–Crippen MR) is 119 cm³/mol. The molecule has 5 rings (SSSR count). The van der Waals surface area contributed by atoms with Gasteiger partial charge in [0, 0.05) is 17.5 Å². The minimum absolute atomic E-state index is 0.0685. The van der Waals surface area contributed by atoms with Crippen molar-refractivity contribution >= 4 is 17.5 Å². The molecule has 0 bridgehead atoms. The summed E-state index contributed by atoms with van der Waals surface area (Å²) in [5.74, 6) is 1.72. The van der Waals surface area contributed by atoms with Crippen LogP contribution in [0.4, 0.5) is 5.69 Å². The summed E-state index contributed by atoms with van der Waals surface area (Å²) in [7, 11) is 0. The molecular formula is C26H31NO4. The zero-order valence-electron chi connectivity index (χ0n) is 18.3. The smallest absolute Gasteiger partial charge is 0.269 e. The lowest BCUT2D eigenvalue weighted by Crippen LogP contribution is -2.50. The van der Waals surface area contributed by atoms with Crippen LogP contribution in [0.15, 0.2) is 41.5 Å². The first-order chi connectivity index (χ1) is 14.7. The number of carbonyl (C=O) groups excluding carboxylic acids is 1. The topological polar surface area (TPSA) is 80.4 Å². The highest BCUT2D eigenvalue weighted by atomic mass is 16.6. The van der Waals surface area contributed by atoms with E-state index in [0.717, 1.165) is 56.1 Å². The van der Waals surface area contributed by atoms with Gasteiger partial charge in [-0.15, -0.1) is 0 Å². The number of non-ortho nitro benzene ring substituents is 1. The molecule has 5 nitrogen and oxygen atoms in total. The summed E-state index contributed by atoms with van der Waals surface area (Å²) in [6.07, 6.45) is 10.7. The van der Waals surface area contributed by atoms with Gasteiger partial charge in [-0.25, -0.2) is 0 Å². The number of rotatable bonds is 2. The van der Waals surface area contributed by atoms with Crippen LogP contribution in [0.5, 0.6) is 0 Å². The molecule has 0 aliphatic heterocycles. The van der Waals surface area contributed by atoms with Crippen LogP contribution in [-0.2, 0) is 4.79 Å². The van der Waals surface area contributed by atoms with Crippen LogP contribution in [0.3, 0.4) is 0 Å². The number of Topliss-reactive ketones (excluding diaryl/α,β-unsaturated/α-hetero) is 1. The summed E-state index contributed by atoms with van der Waals surface area (Å²) in [4.78, 5) is 24.0. The summed E-state index contributed by atoms with van der Waals surface area (Å²) in [5.41, 5.74) is 3.11. The summed E-state index contributed by atoms with van der Waals surface area (Å²) in [6, 6.07) is 6.47. The van der Waals surface area contributed by atoms with E-state index >= 15 is 0 Å². The van der Waals surface area contributed by atoms with Gasteiger partial charge >= 0.3 is 0 Å². The van der Waals surface area contributed by atoms with Crippen LogP contribution in [0.2, 0.25) is 0 Å². The lowest BCUT2D eigenvalue weighted by Gasteiger charge is -2.56. The van der Waals surface area contributed by atoms with Crippen molar-refractivity contribution in [3.8, 4) is 0 Å². The number of ketones is 1. The minimum Gasteiger partial charge on any atom is -0.393 e. The number of aliphatic hydroxyl groups excluding tert-OH is 1. The standard InChI is InChI=1S/C26H31NO4/c1-25-11-9-20(28)15-18(25)5-8-21-22(25)10-12-26(2)23(21)14-17(24(26)29)13-16-3-6-19(7-4-16)27(30)31/h3-7,13,20-23,28H,8-12,14-15H2,1-2H3/t20-,21+,22-,23-,25-,26-/m0/s1. The second kappa shape index (κ2) is 7.13. The molecule has 0 amide bonds. The van der Waals surface area contributed by atoms with E-state index in [9.17, 15) is 20.0 Å². The van der Waals surface area contributed by atoms with Gasteiger partial charge in [-0.05, 0) is 97.5 Å². The number of allylic oxidation sites excluding steroid dienone is 2. The van der Waals surface area contributed by atoms with Crippen molar-refractivity contribution in [2.75, 3.05) is 0 Å². The summed E-state index contributed by atoms with van der Waals surface area (Å²) in [5, 5.41) is 21.1. The Balaban J connectivity index is 1.44. The molecule has 0 unspecified atom stereocenters. The van der Waals surface area contributed by atoms with Gasteiger partial charge < -0.3 is 5.11 Å². The number of nitrogens with zero attached hydrogens (tertiary/aromatic N) is 1. The maximum Gasteiger partial charge on any atom is 0.269 e. The molecule has 1 N–H and O–H groups in total. The fourth-order valence-electron chi connectivity index (χ4n) is 7.33. The molecule has 0 spiro atoms. The molecule has 1 aromatic rings. The maximum absolute atomic E-state index is 13.5. The Morgan fingerprint density at radius 3 is 2.48 bits per heavy atom. The Morgan fingerprint density at radius 2 is 1.77 bits per heavy atom. The second-order valence-electron chi connectivity index (χ2n) is 10.7. The van der Waals surface area contributed by atoms with E-state index in [1.165, 1.54) is 17.7 Å². The number of aliphatic hydroxyl groups is 1. The molecule has 4 aliphatic rings. The van der Waals surface area contributed by atoms with E-state index in [1.807, 2.05) is 6.08 Å². The van der Waals surface area contributed by atoms with Gasteiger partial charge in [-0.1, -0.05) is 25.5 Å². The number of nitro groups is 1. The largest absolute Gasteiger partial charge is 0.393 e. The fourth-order valence-corrected chi connectivity index (χ4v) is 7.33. The Hall–Kier alpha value is -2.27. The molecule has 0 heterocycles. The van der Waals surface area contributed by atoms with Crippen molar-refractivity contribution < 1.29 is 14.8 Å². The lowest BCUT2D eigenvalue weighted by atomic mass is 9.48. The van der Waals surface area contributed by atoms with Crippen LogP contribution >= 0.6 is 0 Å². The van der Waals surface area contributed by atoms with Crippen molar-refractivity contribution in [2.45, 2.75) is 64.9 Å². The van der Waals surface area contributed by atoms with Crippen LogP contribution < -0.4 is 0 Å². The van der Waals surface area contributed by atoms with Crippen LogP contribution in [0.1, 0.15) is 64.4 Å². The van der Waals surface area contributed by atoms with Crippen molar-refractivity contribution in [2.24, 2.45) is 28.6 Å². The third kappa shape index (κ3) is 3.12. The van der Waals surface area contributed by atoms with Gasteiger partial charge in [0.15, 0.2) is 5.78 Å². The van der Waals surface area contributed by atoms with Crippen molar-refractivity contribution in [3.05, 3.63) is 57.2 Å². The molecule has 5 heteroatoms. The van der Waals surface area contributed by atoms with Gasteiger partial charge in [-0.2, -0.15) is 0 Å². The highest BCUT2D eigenvalue weighted by Gasteiger charge is 2.59. The monoisotopic (exact) mass is 421 g/mol. The highest BCUT2D eigenvalue weighted by molar-refractivity contribution is 6.06. The number of hydrogen-bond donors (Lipinski definition) is 1. The summed E-state index contributed by atoms with van der Waals surface area (Å²) in [6.45, 7) is 4.56. The average molecular weight is 422 g/mol. The molecule has 0 saturated heterocycles. The third-order valence-electron chi connectivity index (χ3n) is 9.16. The molecular weight excluding hydrogens is 390 g/mol. The third-order valence-corrected chi connectivity index (χ3v) is 9.16. The molecule has 0 radical (unpaired) electrons. The molecule has 31 heavy (non-hydrogen) atoms. The zero-order valence-corrected chi connectivity index (χ0v) is 18.3. The fraction of sp³-hybridized carbons (Fsp3) is 0.577. The molecule has 3 fully saturated rings. The van der Waals surface area contributed by atoms with E-state index in [2.05, 4.69) is 19.9 Å². The van der Waals surface area contributed by atoms with E-state index in [4.69, 9.17) is 0 Å². The van der Waals surface area contributed by atoms with Crippen molar-refractivity contribution in [3.63, 3.8) is 0 Å². The number of fused-ring (bicyclic) bond motifs is 5. The van der Waals surface area contributed by atoms with Gasteiger partial charge in [0.25, 0.3) is 5.69 Å². The summed E-state index contributed by atoms with van der Waals surface area (Å²) >= 11 is 0. The van der Waals surface area contributed by atoms with Crippen LogP contribution in [0, 0.1) is 38.7 Å². The number of nitro benzene ring substituents is 1. The van der Waals surface area contributed by atoms with E-state index in [0.29, 0.717) is 17.8 Å². The molecule has 0 aromatic heterocycles. The van der Waals surface area contributed by atoms with Gasteiger partial charge in [-0.3, -0.25) is 14.9 Å². The van der Waals surface area contributed by atoms with E-state index in [1.54, 1.807) is 12.1 Å². The molecule has 164 valence electrons. The van der Waals surface area contributed by atoms with Crippen molar-refractivity contribution in [1.82, 2.24) is 0 Å². The number of carbonyl (C=O) groups is 1. The first-order valence-corrected chi connectivity index (χ1v) is 11.6. The van der Waals surface area contributed by atoms with Crippen LogP contribution in [-0.4, -0.2) is 21.9 Å². The first kappa shape index (κ1) is 20.6. The SMILES string of the molecule is C[C@]12CC[C@H](O)CC1=CC[C@@H]1[C@@H]2CC[C@]2(C)C(=O)C(=Cc3ccc([N+](=O)[O-])cc3)C[C@@H]12. The average Bonchev–Trinajstić information content (AvgIpc) is 2.99. The molecule has 1 aromatic carbocycles. The Labute approximate surface area is 183 Å². The van der Waals surface area contributed by atoms with E-state index in [-0.39, 0.29) is 28.4 Å². The Kier molecular flexibility index (Phi) is 4.74. The predicted octanol–water partition coefficient (Wildman–Crippen LogP) is 5.48. The highest BCUT2D eigenvalue weighted by Crippen LogP contribution is 2.64. The molecule has 3 saturated carbocycles. The first-order valence-electron chi connectivity index (χ1n) is 11.6. The zero-order chi connectivity index (χ0) is 22.0. The Morgan fingerprint density at radius 1 is 1.06 bits per heavy atom. The maximum atomic E-state index is 13.5. The van der Waals surface area contributed by atoms with Gasteiger partial charge in [0.2, 0.25) is 0 Å². The number of benzene rings is 1. The van der Waals surface area contributed by atoms with E-state index < -0.39 is 4.92 Å². The summed E-state index contributed by atoms with van der Waals surface area (Å²) < 4.78 is 0. The number of hydrogen-bond acceptors (Lipinski definition) is 4. The quantitative estimate of drug-likeness (QED) is 0.297. The Bertz CT molecular complexity index is 993. The second-order valence-corrected chi connectivity index (χ2v) is 10.7. The normalized spacial score (nSPS) is 40.7. The van der Waals surface area contributed by atoms with Gasteiger partial charge in [0.1, 0.15) is 0 Å². The van der Waals surface area contributed by atoms with Gasteiger partial charge in [0.05, 0.1) is 11.0 Å².